The highest BCUT2D eigenvalue weighted by molar-refractivity contribution is 5.47. The Kier molecular flexibility index (Phi) is 4.87. The standard InChI is InChI=1S/C14H20O3/c1-4-11-5-7-12(8-6-11)10-17-14(2,3)13(16)9-15/h4-8,13,15-16H,1,9-10H2,2-3H3. The van der Waals surface area contributed by atoms with Crippen LogP contribution in [-0.4, -0.2) is 28.5 Å². The summed E-state index contributed by atoms with van der Waals surface area (Å²) in [5.41, 5.74) is 1.32. The first kappa shape index (κ1) is 13.9. The van der Waals surface area contributed by atoms with Gasteiger partial charge in [-0.1, -0.05) is 36.9 Å². The van der Waals surface area contributed by atoms with Gasteiger partial charge in [0.05, 0.1) is 18.8 Å². The van der Waals surface area contributed by atoms with Gasteiger partial charge in [0, 0.05) is 0 Å². The molecule has 0 aliphatic heterocycles. The molecule has 3 nitrogen and oxygen atoms in total. The van der Waals surface area contributed by atoms with E-state index in [4.69, 9.17) is 9.84 Å². The molecule has 0 saturated carbocycles. The van der Waals surface area contributed by atoms with Gasteiger partial charge in [-0.25, -0.2) is 0 Å². The van der Waals surface area contributed by atoms with Gasteiger partial charge in [-0.2, -0.15) is 0 Å². The third kappa shape index (κ3) is 3.97. The molecule has 0 amide bonds. The molecule has 0 fully saturated rings. The molecule has 0 aromatic heterocycles. The minimum atomic E-state index is -0.880. The Labute approximate surface area is 102 Å². The van der Waals surface area contributed by atoms with E-state index in [1.807, 2.05) is 24.3 Å². The van der Waals surface area contributed by atoms with Gasteiger partial charge in [0.1, 0.15) is 6.10 Å². The first-order chi connectivity index (χ1) is 7.99. The molecule has 1 atom stereocenters. The van der Waals surface area contributed by atoms with E-state index < -0.39 is 11.7 Å². The molecular formula is C14H20O3. The fourth-order valence-electron chi connectivity index (χ4n) is 1.34. The van der Waals surface area contributed by atoms with Crippen LogP contribution in [0.1, 0.15) is 25.0 Å². The van der Waals surface area contributed by atoms with E-state index >= 15 is 0 Å². The highest BCUT2D eigenvalue weighted by Gasteiger charge is 2.27. The van der Waals surface area contributed by atoms with Crippen molar-refractivity contribution >= 4 is 6.08 Å². The highest BCUT2D eigenvalue weighted by Crippen LogP contribution is 2.17. The number of hydrogen-bond donors (Lipinski definition) is 2. The van der Waals surface area contributed by atoms with Crippen molar-refractivity contribution in [1.29, 1.82) is 0 Å². The van der Waals surface area contributed by atoms with Crippen molar-refractivity contribution in [3.05, 3.63) is 42.0 Å². The Balaban J connectivity index is 2.57. The second-order valence-corrected chi connectivity index (χ2v) is 4.54. The zero-order valence-corrected chi connectivity index (χ0v) is 10.4. The second kappa shape index (κ2) is 5.96. The number of rotatable bonds is 6. The Morgan fingerprint density at radius 1 is 1.35 bits per heavy atom. The SMILES string of the molecule is C=Cc1ccc(COC(C)(C)C(O)CO)cc1. The Morgan fingerprint density at radius 2 is 1.94 bits per heavy atom. The Bertz CT molecular complexity index is 354. The van der Waals surface area contributed by atoms with Crippen LogP contribution in [0.15, 0.2) is 30.8 Å². The van der Waals surface area contributed by atoms with Crippen LogP contribution in [0.5, 0.6) is 0 Å². The summed E-state index contributed by atoms with van der Waals surface area (Å²) in [4.78, 5) is 0. The van der Waals surface area contributed by atoms with E-state index in [2.05, 4.69) is 6.58 Å². The number of hydrogen-bond acceptors (Lipinski definition) is 3. The molecule has 2 N–H and O–H groups in total. The average Bonchev–Trinajstić information content (AvgIpc) is 2.36. The number of aliphatic hydroxyl groups is 2. The van der Waals surface area contributed by atoms with E-state index in [0.29, 0.717) is 6.61 Å². The minimum absolute atomic E-state index is 0.303. The minimum Gasteiger partial charge on any atom is -0.394 e. The summed E-state index contributed by atoms with van der Waals surface area (Å²) in [6, 6.07) is 7.83. The van der Waals surface area contributed by atoms with Gasteiger partial charge in [-0.05, 0) is 25.0 Å². The van der Waals surface area contributed by atoms with Crippen molar-refractivity contribution < 1.29 is 14.9 Å². The molecule has 0 saturated heterocycles. The number of benzene rings is 1. The lowest BCUT2D eigenvalue weighted by Gasteiger charge is -2.29. The third-order valence-electron chi connectivity index (χ3n) is 2.80. The zero-order chi connectivity index (χ0) is 12.9. The second-order valence-electron chi connectivity index (χ2n) is 4.54. The first-order valence-electron chi connectivity index (χ1n) is 5.64. The van der Waals surface area contributed by atoms with Gasteiger partial charge >= 0.3 is 0 Å². The monoisotopic (exact) mass is 236 g/mol. The van der Waals surface area contributed by atoms with E-state index in [1.165, 1.54) is 0 Å². The van der Waals surface area contributed by atoms with Gasteiger partial charge in [0.15, 0.2) is 0 Å². The Hall–Kier alpha value is -1.16. The van der Waals surface area contributed by atoms with Crippen molar-refractivity contribution in [2.75, 3.05) is 6.61 Å². The van der Waals surface area contributed by atoms with Crippen molar-refractivity contribution in [2.24, 2.45) is 0 Å². The van der Waals surface area contributed by atoms with E-state index in [9.17, 15) is 5.11 Å². The van der Waals surface area contributed by atoms with Gasteiger partial charge in [-0.15, -0.1) is 0 Å². The predicted octanol–water partition coefficient (Wildman–Crippen LogP) is 1.98. The zero-order valence-electron chi connectivity index (χ0n) is 10.4. The molecule has 0 heterocycles. The summed E-state index contributed by atoms with van der Waals surface area (Å²) < 4.78 is 5.61. The summed E-state index contributed by atoms with van der Waals surface area (Å²) in [7, 11) is 0. The van der Waals surface area contributed by atoms with Gasteiger partial charge in [-0.3, -0.25) is 0 Å². The molecule has 0 aliphatic rings. The highest BCUT2D eigenvalue weighted by atomic mass is 16.5. The van der Waals surface area contributed by atoms with Crippen molar-refractivity contribution in [2.45, 2.75) is 32.2 Å². The normalized spacial score (nSPS) is 13.4. The molecule has 1 rings (SSSR count). The summed E-state index contributed by atoms with van der Waals surface area (Å²) in [5.74, 6) is 0. The molecule has 3 heteroatoms. The van der Waals surface area contributed by atoms with Crippen LogP contribution in [0.25, 0.3) is 6.08 Å². The van der Waals surface area contributed by atoms with E-state index in [-0.39, 0.29) is 6.61 Å². The van der Waals surface area contributed by atoms with Crippen LogP contribution in [-0.2, 0) is 11.3 Å². The molecule has 0 aliphatic carbocycles. The number of ether oxygens (including phenoxy) is 1. The van der Waals surface area contributed by atoms with Gasteiger partial charge in [0.25, 0.3) is 0 Å². The lowest BCUT2D eigenvalue weighted by molar-refractivity contribution is -0.122. The molecular weight excluding hydrogens is 216 g/mol. The fraction of sp³-hybridized carbons (Fsp3) is 0.429. The van der Waals surface area contributed by atoms with Crippen LogP contribution >= 0.6 is 0 Å². The largest absolute Gasteiger partial charge is 0.394 e. The van der Waals surface area contributed by atoms with Gasteiger partial charge < -0.3 is 14.9 Å². The maximum Gasteiger partial charge on any atom is 0.105 e. The molecule has 0 bridgehead atoms. The van der Waals surface area contributed by atoms with Crippen molar-refractivity contribution in [3.63, 3.8) is 0 Å². The molecule has 17 heavy (non-hydrogen) atoms. The van der Waals surface area contributed by atoms with Crippen LogP contribution in [0, 0.1) is 0 Å². The summed E-state index contributed by atoms with van der Waals surface area (Å²) in [5, 5.41) is 18.5. The molecule has 1 unspecified atom stereocenters. The summed E-state index contributed by atoms with van der Waals surface area (Å²) in [6.07, 6.45) is 0.902. The van der Waals surface area contributed by atoms with Gasteiger partial charge in [0.2, 0.25) is 0 Å². The maximum absolute atomic E-state index is 9.56. The fourth-order valence-corrected chi connectivity index (χ4v) is 1.34. The lowest BCUT2D eigenvalue weighted by atomic mass is 10.0. The topological polar surface area (TPSA) is 49.7 Å². The molecule has 1 aromatic rings. The first-order valence-corrected chi connectivity index (χ1v) is 5.64. The quantitative estimate of drug-likeness (QED) is 0.794. The summed E-state index contributed by atoms with van der Waals surface area (Å²) >= 11 is 0. The van der Waals surface area contributed by atoms with Crippen LogP contribution < -0.4 is 0 Å². The molecule has 94 valence electrons. The van der Waals surface area contributed by atoms with Crippen LogP contribution in [0.4, 0.5) is 0 Å². The Morgan fingerprint density at radius 3 is 2.41 bits per heavy atom. The van der Waals surface area contributed by atoms with Crippen LogP contribution in [0.2, 0.25) is 0 Å². The number of aliphatic hydroxyl groups excluding tert-OH is 2. The molecule has 0 spiro atoms. The average molecular weight is 236 g/mol. The van der Waals surface area contributed by atoms with Crippen molar-refractivity contribution in [3.8, 4) is 0 Å². The lowest BCUT2D eigenvalue weighted by Crippen LogP contribution is -2.41. The molecule has 1 aromatic carbocycles. The van der Waals surface area contributed by atoms with E-state index in [0.717, 1.165) is 11.1 Å². The maximum atomic E-state index is 9.56. The van der Waals surface area contributed by atoms with Crippen LogP contribution in [0.3, 0.4) is 0 Å². The molecule has 0 radical (unpaired) electrons. The summed E-state index contributed by atoms with van der Waals surface area (Å²) in [6.45, 7) is 7.30. The third-order valence-corrected chi connectivity index (χ3v) is 2.80. The predicted molar refractivity (Wildman–Crippen MR) is 68.5 cm³/mol. The van der Waals surface area contributed by atoms with E-state index in [1.54, 1.807) is 19.9 Å². The van der Waals surface area contributed by atoms with Crippen molar-refractivity contribution in [1.82, 2.24) is 0 Å². The smallest absolute Gasteiger partial charge is 0.105 e.